The van der Waals surface area contributed by atoms with Crippen molar-refractivity contribution in [3.63, 3.8) is 0 Å². The average Bonchev–Trinajstić information content (AvgIpc) is 2.91. The van der Waals surface area contributed by atoms with E-state index in [1.165, 1.54) is 56.9 Å². The Bertz CT molecular complexity index is 618. The fourth-order valence-corrected chi connectivity index (χ4v) is 3.69. The van der Waals surface area contributed by atoms with E-state index in [1.807, 2.05) is 13.0 Å². The van der Waals surface area contributed by atoms with Gasteiger partial charge in [0.1, 0.15) is 17.3 Å². The molecule has 1 amide bonds. The number of nitrogens with zero attached hydrogens (tertiary/aromatic N) is 3. The number of aryl methyl sites for hydroxylation is 1. The van der Waals surface area contributed by atoms with Crippen molar-refractivity contribution < 1.29 is 4.79 Å². The molecule has 136 valence electrons. The van der Waals surface area contributed by atoms with Crippen LogP contribution in [0.2, 0.25) is 0 Å². The zero-order valence-corrected chi connectivity index (χ0v) is 15.4. The van der Waals surface area contributed by atoms with Crippen LogP contribution in [-0.2, 0) is 0 Å². The molecule has 0 spiro atoms. The van der Waals surface area contributed by atoms with Gasteiger partial charge < -0.3 is 10.2 Å². The Morgan fingerprint density at radius 1 is 1.12 bits per heavy atom. The average molecular weight is 342 g/mol. The summed E-state index contributed by atoms with van der Waals surface area (Å²) in [5, 5.41) is 3.03. The Labute approximate surface area is 150 Å². The van der Waals surface area contributed by atoms with E-state index in [-0.39, 0.29) is 5.91 Å². The fraction of sp³-hybridized carbons (Fsp3) is 0.650. The van der Waals surface area contributed by atoms with Gasteiger partial charge in [-0.25, -0.2) is 9.97 Å². The quantitative estimate of drug-likeness (QED) is 0.827. The van der Waals surface area contributed by atoms with Gasteiger partial charge in [-0.2, -0.15) is 0 Å². The number of amides is 1. The molecular weight excluding hydrogens is 312 g/mol. The van der Waals surface area contributed by atoms with Crippen molar-refractivity contribution in [2.45, 2.75) is 64.7 Å². The van der Waals surface area contributed by atoms with Crippen molar-refractivity contribution in [1.82, 2.24) is 15.3 Å². The lowest BCUT2D eigenvalue weighted by atomic mass is 9.97. The maximum Gasteiger partial charge on any atom is 0.270 e. The van der Waals surface area contributed by atoms with Crippen LogP contribution in [0.4, 0.5) is 5.82 Å². The second kappa shape index (κ2) is 8.97. The molecule has 0 atom stereocenters. The highest BCUT2D eigenvalue weighted by Crippen LogP contribution is 2.20. The van der Waals surface area contributed by atoms with Crippen molar-refractivity contribution in [3.05, 3.63) is 29.2 Å². The Balaban J connectivity index is 1.60. The molecule has 1 aliphatic carbocycles. The van der Waals surface area contributed by atoms with Gasteiger partial charge in [-0.15, -0.1) is 0 Å². The number of rotatable bonds is 5. The highest BCUT2D eigenvalue weighted by Gasteiger charge is 2.16. The van der Waals surface area contributed by atoms with Crippen molar-refractivity contribution in [3.8, 4) is 0 Å². The molecular formula is C20H30N4O. The zero-order valence-electron chi connectivity index (χ0n) is 15.4. The van der Waals surface area contributed by atoms with E-state index in [4.69, 9.17) is 0 Å². The minimum absolute atomic E-state index is 0.0852. The van der Waals surface area contributed by atoms with Crippen LogP contribution in [0.15, 0.2) is 17.7 Å². The third kappa shape index (κ3) is 5.28. The lowest BCUT2D eigenvalue weighted by Gasteiger charge is -2.22. The van der Waals surface area contributed by atoms with Crippen molar-refractivity contribution in [2.75, 3.05) is 24.5 Å². The monoisotopic (exact) mass is 342 g/mol. The summed E-state index contributed by atoms with van der Waals surface area (Å²) in [6, 6.07) is 1.85. The zero-order chi connectivity index (χ0) is 17.5. The molecule has 1 aromatic heterocycles. The van der Waals surface area contributed by atoms with Crippen molar-refractivity contribution >= 4 is 11.7 Å². The van der Waals surface area contributed by atoms with Crippen LogP contribution < -0.4 is 10.2 Å². The molecule has 0 unspecified atom stereocenters. The molecule has 5 nitrogen and oxygen atoms in total. The second-order valence-electron chi connectivity index (χ2n) is 7.17. The van der Waals surface area contributed by atoms with Gasteiger partial charge in [0.2, 0.25) is 0 Å². The minimum atomic E-state index is -0.0852. The molecule has 0 bridgehead atoms. The molecule has 1 saturated heterocycles. The first-order chi connectivity index (χ1) is 12.2. The molecule has 0 saturated carbocycles. The highest BCUT2D eigenvalue weighted by atomic mass is 16.1. The van der Waals surface area contributed by atoms with E-state index < -0.39 is 0 Å². The summed E-state index contributed by atoms with van der Waals surface area (Å²) in [5.41, 5.74) is 1.97. The van der Waals surface area contributed by atoms with Crippen LogP contribution in [0.25, 0.3) is 0 Å². The molecule has 1 N–H and O–H groups in total. The first-order valence-electron chi connectivity index (χ1n) is 9.79. The van der Waals surface area contributed by atoms with Gasteiger partial charge in [0.15, 0.2) is 0 Å². The second-order valence-corrected chi connectivity index (χ2v) is 7.17. The Morgan fingerprint density at radius 2 is 1.92 bits per heavy atom. The Morgan fingerprint density at radius 3 is 2.64 bits per heavy atom. The Hall–Kier alpha value is -1.91. The molecule has 1 aliphatic heterocycles. The summed E-state index contributed by atoms with van der Waals surface area (Å²) < 4.78 is 0. The van der Waals surface area contributed by atoms with Gasteiger partial charge in [0, 0.05) is 25.7 Å². The summed E-state index contributed by atoms with van der Waals surface area (Å²) in [7, 11) is 0. The predicted octanol–water partition coefficient (Wildman–Crippen LogP) is 3.79. The lowest BCUT2D eigenvalue weighted by molar-refractivity contribution is 0.0948. The van der Waals surface area contributed by atoms with E-state index in [9.17, 15) is 4.79 Å². The van der Waals surface area contributed by atoms with Gasteiger partial charge in [-0.05, 0) is 51.9 Å². The highest BCUT2D eigenvalue weighted by molar-refractivity contribution is 5.92. The van der Waals surface area contributed by atoms with Crippen LogP contribution in [0, 0.1) is 6.92 Å². The molecule has 5 heteroatoms. The molecule has 1 aromatic rings. The number of carbonyl (C=O) groups excluding carboxylic acids is 1. The normalized spacial score (nSPS) is 18.4. The van der Waals surface area contributed by atoms with E-state index in [0.717, 1.165) is 25.3 Å². The summed E-state index contributed by atoms with van der Waals surface area (Å²) in [6.45, 7) is 4.59. The number of hydrogen-bond acceptors (Lipinski definition) is 4. The third-order valence-corrected chi connectivity index (χ3v) is 5.10. The topological polar surface area (TPSA) is 58.1 Å². The van der Waals surface area contributed by atoms with Gasteiger partial charge in [-0.1, -0.05) is 24.5 Å². The maximum atomic E-state index is 12.5. The summed E-state index contributed by atoms with van der Waals surface area (Å²) in [5.74, 6) is 1.48. The molecule has 0 radical (unpaired) electrons. The SMILES string of the molecule is Cc1nc(C(=O)NCCC2=CCCCC2)cc(N2CCCCCC2)n1. The van der Waals surface area contributed by atoms with Crippen molar-refractivity contribution in [1.29, 1.82) is 0 Å². The lowest BCUT2D eigenvalue weighted by Crippen LogP contribution is -2.29. The molecule has 1 fully saturated rings. The van der Waals surface area contributed by atoms with E-state index in [2.05, 4.69) is 26.3 Å². The predicted molar refractivity (Wildman–Crippen MR) is 101 cm³/mol. The van der Waals surface area contributed by atoms with Crippen LogP contribution in [0.1, 0.15) is 74.1 Å². The van der Waals surface area contributed by atoms with E-state index in [1.54, 1.807) is 0 Å². The molecule has 2 heterocycles. The number of nitrogens with one attached hydrogen (secondary N) is 1. The minimum Gasteiger partial charge on any atom is -0.356 e. The fourth-order valence-electron chi connectivity index (χ4n) is 3.69. The molecule has 2 aliphatic rings. The summed E-state index contributed by atoms with van der Waals surface area (Å²) in [6.07, 6.45) is 13.2. The standard InChI is InChI=1S/C20H30N4O/c1-16-22-18(15-19(23-16)24-13-7-2-3-8-14-24)20(25)21-12-11-17-9-5-4-6-10-17/h9,15H,2-8,10-14H2,1H3,(H,21,25). The van der Waals surface area contributed by atoms with Gasteiger partial charge in [0.25, 0.3) is 5.91 Å². The van der Waals surface area contributed by atoms with Gasteiger partial charge in [-0.3, -0.25) is 4.79 Å². The van der Waals surface area contributed by atoms with E-state index in [0.29, 0.717) is 18.1 Å². The van der Waals surface area contributed by atoms with E-state index >= 15 is 0 Å². The molecule has 3 rings (SSSR count). The largest absolute Gasteiger partial charge is 0.356 e. The van der Waals surface area contributed by atoms with Crippen LogP contribution in [0.3, 0.4) is 0 Å². The third-order valence-electron chi connectivity index (χ3n) is 5.10. The smallest absolute Gasteiger partial charge is 0.270 e. The maximum absolute atomic E-state index is 12.5. The number of hydrogen-bond donors (Lipinski definition) is 1. The number of anilines is 1. The summed E-state index contributed by atoms with van der Waals surface area (Å²) >= 11 is 0. The van der Waals surface area contributed by atoms with Crippen LogP contribution in [-0.4, -0.2) is 35.5 Å². The summed E-state index contributed by atoms with van der Waals surface area (Å²) in [4.78, 5) is 23.7. The van der Waals surface area contributed by atoms with Gasteiger partial charge in [0.05, 0.1) is 0 Å². The Kier molecular flexibility index (Phi) is 6.42. The first-order valence-corrected chi connectivity index (χ1v) is 9.79. The number of carbonyl (C=O) groups is 1. The van der Waals surface area contributed by atoms with Crippen LogP contribution in [0.5, 0.6) is 0 Å². The first kappa shape index (κ1) is 17.9. The van der Waals surface area contributed by atoms with Crippen molar-refractivity contribution in [2.24, 2.45) is 0 Å². The van der Waals surface area contributed by atoms with Crippen LogP contribution >= 0.6 is 0 Å². The van der Waals surface area contributed by atoms with Gasteiger partial charge >= 0.3 is 0 Å². The molecule has 25 heavy (non-hydrogen) atoms. The number of aromatic nitrogens is 2. The molecule has 0 aromatic carbocycles. The number of allylic oxidation sites excluding steroid dienone is 1.